The zero-order valence-corrected chi connectivity index (χ0v) is 18.8. The highest BCUT2D eigenvalue weighted by Gasteiger charge is 2.33. The zero-order chi connectivity index (χ0) is 21.7. The van der Waals surface area contributed by atoms with Gasteiger partial charge in [-0.25, -0.2) is 9.97 Å². The first-order chi connectivity index (χ1) is 15.7. The van der Waals surface area contributed by atoms with Crippen LogP contribution in [0.2, 0.25) is 0 Å². The van der Waals surface area contributed by atoms with Crippen LogP contribution in [-0.4, -0.2) is 47.1 Å². The van der Waals surface area contributed by atoms with Crippen molar-refractivity contribution in [1.29, 1.82) is 0 Å². The van der Waals surface area contributed by atoms with Crippen LogP contribution in [0.15, 0.2) is 76.5 Å². The highest BCUT2D eigenvalue weighted by molar-refractivity contribution is 9.10. The van der Waals surface area contributed by atoms with E-state index in [9.17, 15) is 5.21 Å². The number of hydrogen-bond donors (Lipinski definition) is 1. The van der Waals surface area contributed by atoms with Gasteiger partial charge in [0, 0.05) is 53.4 Å². The maximum absolute atomic E-state index is 10.0. The Balaban J connectivity index is 1.48. The SMILES string of the molecule is O/N=C1\c2ccccc2-c2c1c(N1CCN(c3ccccn3)CC1)nc1ccc(Br)cc21. The molecular weight excluding hydrogens is 466 g/mol. The summed E-state index contributed by atoms with van der Waals surface area (Å²) in [6.07, 6.45) is 1.83. The molecule has 3 heterocycles. The van der Waals surface area contributed by atoms with Crippen LogP contribution >= 0.6 is 15.9 Å². The summed E-state index contributed by atoms with van der Waals surface area (Å²) in [6.45, 7) is 3.33. The normalized spacial score (nSPS) is 16.5. The number of halogens is 1. The van der Waals surface area contributed by atoms with Gasteiger partial charge in [0.1, 0.15) is 17.3 Å². The maximum Gasteiger partial charge on any atom is 0.139 e. The van der Waals surface area contributed by atoms with E-state index in [1.807, 2.05) is 54.7 Å². The Labute approximate surface area is 194 Å². The molecule has 1 saturated heterocycles. The predicted octanol–water partition coefficient (Wildman–Crippen LogP) is 4.93. The second-order valence-electron chi connectivity index (χ2n) is 8.00. The third kappa shape index (κ3) is 2.96. The Bertz CT molecular complexity index is 1360. The largest absolute Gasteiger partial charge is 0.410 e. The predicted molar refractivity (Wildman–Crippen MR) is 131 cm³/mol. The van der Waals surface area contributed by atoms with Gasteiger partial charge in [0.15, 0.2) is 0 Å². The molecule has 1 aliphatic heterocycles. The van der Waals surface area contributed by atoms with Crippen molar-refractivity contribution in [3.63, 3.8) is 0 Å². The number of hydrogen-bond acceptors (Lipinski definition) is 6. The van der Waals surface area contributed by atoms with Gasteiger partial charge in [0.25, 0.3) is 0 Å². The van der Waals surface area contributed by atoms with Gasteiger partial charge in [-0.15, -0.1) is 0 Å². The molecule has 2 aromatic carbocycles. The number of rotatable bonds is 2. The average Bonchev–Trinajstić information content (AvgIpc) is 3.19. The molecule has 0 unspecified atom stereocenters. The first-order valence-electron chi connectivity index (χ1n) is 10.6. The van der Waals surface area contributed by atoms with E-state index < -0.39 is 0 Å². The summed E-state index contributed by atoms with van der Waals surface area (Å²) >= 11 is 3.61. The molecular formula is C25H20BrN5O. The average molecular weight is 486 g/mol. The van der Waals surface area contributed by atoms with Gasteiger partial charge < -0.3 is 15.0 Å². The third-order valence-corrected chi connectivity index (χ3v) is 6.76. The molecule has 2 aromatic heterocycles. The van der Waals surface area contributed by atoms with E-state index in [0.29, 0.717) is 5.71 Å². The number of piperazine rings is 1. The van der Waals surface area contributed by atoms with E-state index in [0.717, 1.165) is 75.4 Å². The second kappa shape index (κ2) is 7.60. The van der Waals surface area contributed by atoms with Crippen molar-refractivity contribution < 1.29 is 5.21 Å². The minimum atomic E-state index is 0.590. The molecule has 6 rings (SSSR count). The maximum atomic E-state index is 10.0. The van der Waals surface area contributed by atoms with E-state index >= 15 is 0 Å². The fraction of sp³-hybridized carbons (Fsp3) is 0.160. The van der Waals surface area contributed by atoms with Crippen molar-refractivity contribution in [2.75, 3.05) is 36.0 Å². The minimum absolute atomic E-state index is 0.590. The summed E-state index contributed by atoms with van der Waals surface area (Å²) in [5.41, 5.74) is 5.53. The van der Waals surface area contributed by atoms with E-state index in [1.165, 1.54) is 0 Å². The summed E-state index contributed by atoms with van der Waals surface area (Å²) in [6, 6.07) is 20.3. The van der Waals surface area contributed by atoms with E-state index in [-0.39, 0.29) is 0 Å². The fourth-order valence-electron chi connectivity index (χ4n) is 4.79. The molecule has 4 aromatic rings. The van der Waals surface area contributed by atoms with Gasteiger partial charge in [0.2, 0.25) is 0 Å². The molecule has 0 atom stereocenters. The van der Waals surface area contributed by atoms with E-state index in [1.54, 1.807) is 0 Å². The molecule has 0 spiro atoms. The Kier molecular flexibility index (Phi) is 4.57. The van der Waals surface area contributed by atoms with Crippen LogP contribution in [0, 0.1) is 0 Å². The lowest BCUT2D eigenvalue weighted by atomic mass is 10.0. The first kappa shape index (κ1) is 19.3. The topological polar surface area (TPSA) is 64.9 Å². The van der Waals surface area contributed by atoms with Crippen LogP contribution in [0.1, 0.15) is 11.1 Å². The number of nitrogens with zero attached hydrogens (tertiary/aromatic N) is 5. The molecule has 1 fully saturated rings. The molecule has 158 valence electrons. The van der Waals surface area contributed by atoms with Crippen molar-refractivity contribution in [2.45, 2.75) is 0 Å². The minimum Gasteiger partial charge on any atom is -0.410 e. The van der Waals surface area contributed by atoms with Crippen LogP contribution in [-0.2, 0) is 0 Å². The summed E-state index contributed by atoms with van der Waals surface area (Å²) < 4.78 is 0.998. The Hall–Kier alpha value is -3.45. The molecule has 1 N–H and O–H groups in total. The highest BCUT2D eigenvalue weighted by atomic mass is 79.9. The summed E-state index contributed by atoms with van der Waals surface area (Å²) in [4.78, 5) is 14.2. The van der Waals surface area contributed by atoms with Gasteiger partial charge in [0.05, 0.1) is 11.1 Å². The number of fused-ring (bicyclic) bond motifs is 5. The third-order valence-electron chi connectivity index (χ3n) is 6.27. The molecule has 0 saturated carbocycles. The number of benzene rings is 2. The summed E-state index contributed by atoms with van der Waals surface area (Å²) in [5, 5.41) is 14.8. The fourth-order valence-corrected chi connectivity index (χ4v) is 5.15. The standard InChI is InChI=1S/C25H20BrN5O/c26-16-8-9-20-19(15-16)22-17-5-1-2-6-18(17)24(29-32)23(22)25(28-20)31-13-11-30(12-14-31)21-7-3-4-10-27-21/h1-10,15,32H,11-14H2/b29-24+. The Morgan fingerprint density at radius 1 is 0.844 bits per heavy atom. The van der Waals surface area contributed by atoms with Crippen molar-refractivity contribution in [1.82, 2.24) is 9.97 Å². The van der Waals surface area contributed by atoms with Crippen molar-refractivity contribution in [3.8, 4) is 11.1 Å². The van der Waals surface area contributed by atoms with Gasteiger partial charge in [-0.3, -0.25) is 0 Å². The Morgan fingerprint density at radius 3 is 2.34 bits per heavy atom. The second-order valence-corrected chi connectivity index (χ2v) is 8.92. The van der Waals surface area contributed by atoms with E-state index in [2.05, 4.69) is 48.0 Å². The lowest BCUT2D eigenvalue weighted by Crippen LogP contribution is -2.47. The first-order valence-corrected chi connectivity index (χ1v) is 11.4. The Morgan fingerprint density at radius 2 is 1.59 bits per heavy atom. The summed E-state index contributed by atoms with van der Waals surface area (Å²) in [5.74, 6) is 1.87. The van der Waals surface area contributed by atoms with Crippen LogP contribution in [0.3, 0.4) is 0 Å². The smallest absolute Gasteiger partial charge is 0.139 e. The monoisotopic (exact) mass is 485 g/mol. The van der Waals surface area contributed by atoms with Gasteiger partial charge >= 0.3 is 0 Å². The molecule has 0 amide bonds. The number of oxime groups is 1. The van der Waals surface area contributed by atoms with Gasteiger partial charge in [-0.05, 0) is 35.9 Å². The van der Waals surface area contributed by atoms with Crippen molar-refractivity contribution in [2.24, 2.45) is 5.16 Å². The lowest BCUT2D eigenvalue weighted by Gasteiger charge is -2.37. The molecule has 2 aliphatic rings. The van der Waals surface area contributed by atoms with Gasteiger partial charge in [-0.1, -0.05) is 51.4 Å². The van der Waals surface area contributed by atoms with Crippen LogP contribution in [0.25, 0.3) is 22.0 Å². The molecule has 6 nitrogen and oxygen atoms in total. The van der Waals surface area contributed by atoms with Crippen molar-refractivity contribution in [3.05, 3.63) is 82.5 Å². The number of pyridine rings is 2. The molecule has 0 bridgehead atoms. The zero-order valence-electron chi connectivity index (χ0n) is 17.2. The molecule has 1 aliphatic carbocycles. The van der Waals surface area contributed by atoms with Crippen LogP contribution in [0.4, 0.5) is 11.6 Å². The van der Waals surface area contributed by atoms with Gasteiger partial charge in [-0.2, -0.15) is 0 Å². The molecule has 7 heteroatoms. The molecule has 32 heavy (non-hydrogen) atoms. The number of aromatic nitrogens is 2. The van der Waals surface area contributed by atoms with Crippen LogP contribution in [0.5, 0.6) is 0 Å². The highest BCUT2D eigenvalue weighted by Crippen LogP contribution is 2.45. The summed E-state index contributed by atoms with van der Waals surface area (Å²) in [7, 11) is 0. The number of anilines is 2. The van der Waals surface area contributed by atoms with E-state index in [4.69, 9.17) is 4.98 Å². The molecule has 0 radical (unpaired) electrons. The quantitative estimate of drug-likeness (QED) is 0.283. The van der Waals surface area contributed by atoms with Crippen LogP contribution < -0.4 is 9.80 Å². The van der Waals surface area contributed by atoms with Crippen molar-refractivity contribution >= 4 is 44.2 Å². The lowest BCUT2D eigenvalue weighted by molar-refractivity contribution is 0.320.